The highest BCUT2D eigenvalue weighted by Crippen LogP contribution is 2.35. The first-order valence-corrected chi connectivity index (χ1v) is 5.41. The van der Waals surface area contributed by atoms with E-state index >= 15 is 0 Å². The van der Waals surface area contributed by atoms with Crippen molar-refractivity contribution >= 4 is 5.78 Å². The van der Waals surface area contributed by atoms with E-state index in [9.17, 15) is 4.79 Å². The molecule has 0 radical (unpaired) electrons. The quantitative estimate of drug-likeness (QED) is 0.484. The SMILES string of the molecule is CC=CC(=O)C1C(C)CC=C(C)C1C. The van der Waals surface area contributed by atoms with Gasteiger partial charge in [-0.05, 0) is 38.2 Å². The van der Waals surface area contributed by atoms with Crippen LogP contribution in [0.1, 0.15) is 34.1 Å². The summed E-state index contributed by atoms with van der Waals surface area (Å²) in [5, 5.41) is 0. The van der Waals surface area contributed by atoms with Crippen LogP contribution in [0.5, 0.6) is 0 Å². The maximum atomic E-state index is 11.9. The molecule has 0 aromatic rings. The zero-order valence-electron chi connectivity index (χ0n) is 9.58. The van der Waals surface area contributed by atoms with E-state index in [0.29, 0.717) is 17.6 Å². The first-order valence-electron chi connectivity index (χ1n) is 5.41. The normalized spacial score (nSPS) is 33.1. The lowest BCUT2D eigenvalue weighted by Crippen LogP contribution is -2.30. The number of ketones is 1. The summed E-state index contributed by atoms with van der Waals surface area (Å²) in [7, 11) is 0. The van der Waals surface area contributed by atoms with Crippen LogP contribution in [0.2, 0.25) is 0 Å². The van der Waals surface area contributed by atoms with Gasteiger partial charge in [0.1, 0.15) is 0 Å². The van der Waals surface area contributed by atoms with Crippen LogP contribution < -0.4 is 0 Å². The van der Waals surface area contributed by atoms with E-state index < -0.39 is 0 Å². The Morgan fingerprint density at radius 2 is 2.14 bits per heavy atom. The number of carbonyl (C=O) groups excluding carboxylic acids is 1. The van der Waals surface area contributed by atoms with Crippen LogP contribution in [0.4, 0.5) is 0 Å². The Bertz CT molecular complexity index is 273. The molecule has 0 aromatic heterocycles. The van der Waals surface area contributed by atoms with Gasteiger partial charge < -0.3 is 0 Å². The fourth-order valence-electron chi connectivity index (χ4n) is 2.28. The molecule has 14 heavy (non-hydrogen) atoms. The average molecular weight is 192 g/mol. The second-order valence-corrected chi connectivity index (χ2v) is 4.38. The molecule has 0 amide bonds. The molecule has 78 valence electrons. The molecule has 0 spiro atoms. The molecule has 0 heterocycles. The first-order chi connectivity index (χ1) is 6.57. The molecule has 1 nitrogen and oxygen atoms in total. The number of hydrogen-bond donors (Lipinski definition) is 0. The van der Waals surface area contributed by atoms with Gasteiger partial charge in [0, 0.05) is 5.92 Å². The van der Waals surface area contributed by atoms with Gasteiger partial charge in [-0.1, -0.05) is 31.6 Å². The number of allylic oxidation sites excluding steroid dienone is 4. The van der Waals surface area contributed by atoms with Gasteiger partial charge in [-0.2, -0.15) is 0 Å². The smallest absolute Gasteiger partial charge is 0.159 e. The molecule has 1 heteroatoms. The monoisotopic (exact) mass is 192 g/mol. The van der Waals surface area contributed by atoms with Gasteiger partial charge in [0.25, 0.3) is 0 Å². The van der Waals surface area contributed by atoms with Crippen molar-refractivity contribution in [1.82, 2.24) is 0 Å². The Hall–Kier alpha value is -0.850. The lowest BCUT2D eigenvalue weighted by atomic mass is 9.72. The Kier molecular flexibility index (Phi) is 3.68. The number of rotatable bonds is 2. The van der Waals surface area contributed by atoms with Crippen LogP contribution in [0.15, 0.2) is 23.8 Å². The molecule has 0 saturated carbocycles. The third-order valence-electron chi connectivity index (χ3n) is 3.34. The van der Waals surface area contributed by atoms with Gasteiger partial charge in [0.15, 0.2) is 5.78 Å². The van der Waals surface area contributed by atoms with Crippen molar-refractivity contribution < 1.29 is 4.79 Å². The molecule has 0 bridgehead atoms. The van der Waals surface area contributed by atoms with E-state index in [0.717, 1.165) is 6.42 Å². The van der Waals surface area contributed by atoms with E-state index in [4.69, 9.17) is 0 Å². The summed E-state index contributed by atoms with van der Waals surface area (Å²) in [6.45, 7) is 8.37. The van der Waals surface area contributed by atoms with E-state index in [1.54, 1.807) is 6.08 Å². The van der Waals surface area contributed by atoms with Crippen molar-refractivity contribution in [2.24, 2.45) is 17.8 Å². The summed E-state index contributed by atoms with van der Waals surface area (Å²) < 4.78 is 0. The molecular formula is C13H20O. The molecular weight excluding hydrogens is 172 g/mol. The third kappa shape index (κ3) is 2.14. The van der Waals surface area contributed by atoms with Crippen molar-refractivity contribution in [3.05, 3.63) is 23.8 Å². The summed E-state index contributed by atoms with van der Waals surface area (Å²) in [6, 6.07) is 0. The van der Waals surface area contributed by atoms with Crippen molar-refractivity contribution in [3.63, 3.8) is 0 Å². The minimum Gasteiger partial charge on any atom is -0.295 e. The third-order valence-corrected chi connectivity index (χ3v) is 3.34. The maximum absolute atomic E-state index is 11.9. The van der Waals surface area contributed by atoms with Crippen LogP contribution in [0.3, 0.4) is 0 Å². The lowest BCUT2D eigenvalue weighted by Gasteiger charge is -2.32. The average Bonchev–Trinajstić information content (AvgIpc) is 2.13. The lowest BCUT2D eigenvalue weighted by molar-refractivity contribution is -0.121. The molecule has 0 aliphatic heterocycles. The van der Waals surface area contributed by atoms with E-state index in [2.05, 4.69) is 26.8 Å². The predicted molar refractivity (Wildman–Crippen MR) is 60.0 cm³/mol. The predicted octanol–water partition coefficient (Wildman–Crippen LogP) is 3.37. The summed E-state index contributed by atoms with van der Waals surface area (Å²) in [6.07, 6.45) is 6.88. The van der Waals surface area contributed by atoms with Crippen LogP contribution >= 0.6 is 0 Å². The highest BCUT2D eigenvalue weighted by molar-refractivity contribution is 5.92. The Balaban J connectivity index is 2.86. The molecule has 0 aromatic carbocycles. The second-order valence-electron chi connectivity index (χ2n) is 4.38. The zero-order chi connectivity index (χ0) is 10.7. The summed E-state index contributed by atoms with van der Waals surface area (Å²) in [5.41, 5.74) is 1.37. The van der Waals surface area contributed by atoms with Gasteiger partial charge in [-0.25, -0.2) is 0 Å². The Morgan fingerprint density at radius 1 is 1.50 bits per heavy atom. The zero-order valence-corrected chi connectivity index (χ0v) is 9.58. The molecule has 1 aliphatic carbocycles. The number of hydrogen-bond acceptors (Lipinski definition) is 1. The summed E-state index contributed by atoms with van der Waals surface area (Å²) in [4.78, 5) is 11.9. The maximum Gasteiger partial charge on any atom is 0.159 e. The van der Waals surface area contributed by atoms with Crippen molar-refractivity contribution in [2.75, 3.05) is 0 Å². The molecule has 1 aliphatic rings. The first kappa shape index (κ1) is 11.2. The van der Waals surface area contributed by atoms with E-state index in [1.807, 2.05) is 13.0 Å². The molecule has 1 rings (SSSR count). The van der Waals surface area contributed by atoms with Gasteiger partial charge in [0.05, 0.1) is 0 Å². The van der Waals surface area contributed by atoms with E-state index in [-0.39, 0.29) is 5.92 Å². The minimum atomic E-state index is 0.191. The second kappa shape index (κ2) is 4.59. The van der Waals surface area contributed by atoms with Crippen molar-refractivity contribution in [1.29, 1.82) is 0 Å². The minimum absolute atomic E-state index is 0.191. The molecule has 0 N–H and O–H groups in total. The van der Waals surface area contributed by atoms with Crippen molar-refractivity contribution in [2.45, 2.75) is 34.1 Å². The molecule has 0 saturated heterocycles. The van der Waals surface area contributed by atoms with Gasteiger partial charge in [-0.3, -0.25) is 4.79 Å². The fourth-order valence-corrected chi connectivity index (χ4v) is 2.28. The van der Waals surface area contributed by atoms with Crippen LogP contribution in [0, 0.1) is 17.8 Å². The largest absolute Gasteiger partial charge is 0.295 e. The molecule has 0 fully saturated rings. The van der Waals surface area contributed by atoms with Gasteiger partial charge >= 0.3 is 0 Å². The fraction of sp³-hybridized carbons (Fsp3) is 0.615. The van der Waals surface area contributed by atoms with Crippen LogP contribution in [0.25, 0.3) is 0 Å². The molecule has 3 unspecified atom stereocenters. The Morgan fingerprint density at radius 3 is 2.71 bits per heavy atom. The summed E-state index contributed by atoms with van der Waals surface area (Å²) >= 11 is 0. The molecule has 3 atom stereocenters. The highest BCUT2D eigenvalue weighted by atomic mass is 16.1. The van der Waals surface area contributed by atoms with Gasteiger partial charge in [0.2, 0.25) is 0 Å². The van der Waals surface area contributed by atoms with Crippen molar-refractivity contribution in [3.8, 4) is 0 Å². The standard InChI is InChI=1S/C13H20O/c1-5-6-12(14)13-10(3)8-7-9(2)11(13)4/h5-7,10-11,13H,8H2,1-4H3. The van der Waals surface area contributed by atoms with Crippen LogP contribution in [-0.2, 0) is 4.79 Å². The van der Waals surface area contributed by atoms with Crippen LogP contribution in [-0.4, -0.2) is 5.78 Å². The number of carbonyl (C=O) groups is 1. The summed E-state index contributed by atoms with van der Waals surface area (Å²) in [5.74, 6) is 1.37. The topological polar surface area (TPSA) is 17.1 Å². The van der Waals surface area contributed by atoms with E-state index in [1.165, 1.54) is 5.57 Å². The Labute approximate surface area is 86.9 Å². The highest BCUT2D eigenvalue weighted by Gasteiger charge is 2.31. The van der Waals surface area contributed by atoms with Gasteiger partial charge in [-0.15, -0.1) is 0 Å².